The minimum atomic E-state index is -3.47. The Balaban J connectivity index is 1.58. The van der Waals surface area contributed by atoms with Gasteiger partial charge in [0, 0.05) is 18.0 Å². The van der Waals surface area contributed by atoms with Gasteiger partial charge in [-0.2, -0.15) is 0 Å². The van der Waals surface area contributed by atoms with Crippen molar-refractivity contribution in [1.29, 1.82) is 0 Å². The van der Waals surface area contributed by atoms with Crippen molar-refractivity contribution in [3.63, 3.8) is 0 Å². The fourth-order valence-electron chi connectivity index (χ4n) is 2.52. The molecule has 0 spiro atoms. The van der Waals surface area contributed by atoms with Crippen molar-refractivity contribution < 1.29 is 17.9 Å². The number of nitrogens with one attached hydrogen (secondary N) is 1. The van der Waals surface area contributed by atoms with Crippen LogP contribution in [0.3, 0.4) is 0 Å². The van der Waals surface area contributed by atoms with Gasteiger partial charge in [0.1, 0.15) is 16.6 Å². The average molecular weight is 367 g/mol. The summed E-state index contributed by atoms with van der Waals surface area (Å²) in [6.45, 7) is 3.46. The topological polar surface area (TPSA) is 64.6 Å². The molecule has 1 aliphatic rings. The molecule has 0 radical (unpaired) electrons. The Morgan fingerprint density at radius 3 is 2.92 bits per heavy atom. The van der Waals surface area contributed by atoms with E-state index in [-0.39, 0.29) is 12.6 Å². The second-order valence-corrected chi connectivity index (χ2v) is 9.06. The molecule has 7 heteroatoms. The molecule has 3 rings (SSSR count). The normalized spacial score (nSPS) is 18.0. The lowest BCUT2D eigenvalue weighted by Gasteiger charge is -2.12. The number of aryl methyl sites for hydroxylation is 1. The molecule has 0 bridgehead atoms. The van der Waals surface area contributed by atoms with Crippen molar-refractivity contribution in [1.82, 2.24) is 4.72 Å². The third-order valence-electron chi connectivity index (χ3n) is 3.81. The molecule has 1 fully saturated rings. The summed E-state index contributed by atoms with van der Waals surface area (Å²) < 4.78 is 38.8. The molecule has 2 heterocycles. The molecular formula is C17H21NO4S2. The fraction of sp³-hybridized carbons (Fsp3) is 0.412. The average Bonchev–Trinajstić information content (AvgIpc) is 3.23. The van der Waals surface area contributed by atoms with Crippen LogP contribution in [0.1, 0.15) is 23.3 Å². The van der Waals surface area contributed by atoms with E-state index in [9.17, 15) is 8.42 Å². The first-order valence-electron chi connectivity index (χ1n) is 7.92. The standard InChI is InChI=1S/C17H21NO4S2/c1-13-7-8-17(23-13)24(19,20)18-11-14-4-2-5-15(10-14)22-12-16-6-3-9-21-16/h2,4-5,7-8,10,16,18H,3,6,9,11-12H2,1H3/t16-/m0/s1. The minimum absolute atomic E-state index is 0.161. The number of hydrogen-bond donors (Lipinski definition) is 1. The smallest absolute Gasteiger partial charge is 0.250 e. The second kappa shape index (κ2) is 7.65. The highest BCUT2D eigenvalue weighted by Crippen LogP contribution is 2.21. The van der Waals surface area contributed by atoms with E-state index in [4.69, 9.17) is 9.47 Å². The van der Waals surface area contributed by atoms with Crippen LogP contribution < -0.4 is 9.46 Å². The Hall–Kier alpha value is -1.41. The number of thiophene rings is 1. The third kappa shape index (κ3) is 4.57. The Bertz CT molecular complexity index is 779. The van der Waals surface area contributed by atoms with Crippen molar-refractivity contribution >= 4 is 21.4 Å². The Morgan fingerprint density at radius 1 is 1.33 bits per heavy atom. The first-order chi connectivity index (χ1) is 11.5. The monoisotopic (exact) mass is 367 g/mol. The molecule has 0 aliphatic carbocycles. The molecule has 1 saturated heterocycles. The molecule has 0 unspecified atom stereocenters. The largest absolute Gasteiger partial charge is 0.491 e. The number of ether oxygens (including phenoxy) is 2. The first kappa shape index (κ1) is 17.4. The number of rotatable bonds is 7. The molecule has 0 amide bonds. The summed E-state index contributed by atoms with van der Waals surface area (Å²) in [6.07, 6.45) is 2.27. The molecular weight excluding hydrogens is 346 g/mol. The van der Waals surface area contributed by atoms with Crippen LogP contribution in [0.5, 0.6) is 5.75 Å². The summed E-state index contributed by atoms with van der Waals surface area (Å²) in [6, 6.07) is 10.9. The highest BCUT2D eigenvalue weighted by molar-refractivity contribution is 7.91. The van der Waals surface area contributed by atoms with E-state index in [1.807, 2.05) is 31.2 Å². The van der Waals surface area contributed by atoms with Gasteiger partial charge in [-0.3, -0.25) is 0 Å². The van der Waals surface area contributed by atoms with Gasteiger partial charge in [0.15, 0.2) is 0 Å². The zero-order valence-electron chi connectivity index (χ0n) is 13.5. The van der Waals surface area contributed by atoms with Gasteiger partial charge < -0.3 is 9.47 Å². The molecule has 1 atom stereocenters. The van der Waals surface area contributed by atoms with E-state index < -0.39 is 10.0 Å². The zero-order valence-corrected chi connectivity index (χ0v) is 15.2. The van der Waals surface area contributed by atoms with E-state index in [0.717, 1.165) is 35.6 Å². The van der Waals surface area contributed by atoms with Crippen molar-refractivity contribution in [2.24, 2.45) is 0 Å². The summed E-state index contributed by atoms with van der Waals surface area (Å²) in [4.78, 5) is 0.972. The van der Waals surface area contributed by atoms with Gasteiger partial charge in [0.2, 0.25) is 10.0 Å². The predicted octanol–water partition coefficient (Wildman–Crippen LogP) is 3.09. The zero-order chi connectivity index (χ0) is 17.0. The summed E-state index contributed by atoms with van der Waals surface area (Å²) >= 11 is 1.27. The lowest BCUT2D eigenvalue weighted by molar-refractivity contribution is 0.0679. The predicted molar refractivity (Wildman–Crippen MR) is 94.0 cm³/mol. The van der Waals surface area contributed by atoms with Crippen LogP contribution in [0.4, 0.5) is 0 Å². The summed E-state index contributed by atoms with van der Waals surface area (Å²) in [5.74, 6) is 0.731. The van der Waals surface area contributed by atoms with E-state index in [1.165, 1.54) is 11.3 Å². The molecule has 0 saturated carbocycles. The van der Waals surface area contributed by atoms with Crippen LogP contribution in [0.25, 0.3) is 0 Å². The van der Waals surface area contributed by atoms with Gasteiger partial charge in [-0.25, -0.2) is 13.1 Å². The van der Waals surface area contributed by atoms with Crippen LogP contribution in [-0.2, 0) is 21.3 Å². The number of sulfonamides is 1. The van der Waals surface area contributed by atoms with E-state index in [2.05, 4.69) is 4.72 Å². The third-order valence-corrected chi connectivity index (χ3v) is 6.70. The summed E-state index contributed by atoms with van der Waals surface area (Å²) in [5, 5.41) is 0. The maximum atomic E-state index is 12.3. The number of hydrogen-bond acceptors (Lipinski definition) is 5. The SMILES string of the molecule is Cc1ccc(S(=O)(=O)NCc2cccc(OC[C@@H]3CCCO3)c2)s1. The van der Waals surface area contributed by atoms with Crippen LogP contribution in [0.2, 0.25) is 0 Å². The lowest BCUT2D eigenvalue weighted by atomic mass is 10.2. The second-order valence-electron chi connectivity index (χ2n) is 5.78. The van der Waals surface area contributed by atoms with Gasteiger partial charge in [0.05, 0.1) is 6.10 Å². The highest BCUT2D eigenvalue weighted by Gasteiger charge is 2.17. The molecule has 1 aromatic carbocycles. The lowest BCUT2D eigenvalue weighted by Crippen LogP contribution is -2.22. The van der Waals surface area contributed by atoms with Gasteiger partial charge in [0.25, 0.3) is 0 Å². The van der Waals surface area contributed by atoms with Gasteiger partial charge >= 0.3 is 0 Å². The van der Waals surface area contributed by atoms with Gasteiger partial charge in [-0.1, -0.05) is 12.1 Å². The van der Waals surface area contributed by atoms with Crippen molar-refractivity contribution in [3.05, 3.63) is 46.8 Å². The molecule has 1 aromatic heterocycles. The van der Waals surface area contributed by atoms with Crippen LogP contribution in [0.15, 0.2) is 40.6 Å². The van der Waals surface area contributed by atoms with Crippen LogP contribution in [-0.4, -0.2) is 27.7 Å². The van der Waals surface area contributed by atoms with E-state index in [1.54, 1.807) is 12.1 Å². The van der Waals surface area contributed by atoms with Crippen molar-refractivity contribution in [2.45, 2.75) is 36.6 Å². The Kier molecular flexibility index (Phi) is 5.55. The molecule has 2 aromatic rings. The maximum absolute atomic E-state index is 12.3. The molecule has 5 nitrogen and oxygen atoms in total. The first-order valence-corrected chi connectivity index (χ1v) is 10.2. The van der Waals surface area contributed by atoms with Crippen LogP contribution in [0, 0.1) is 6.92 Å². The number of benzene rings is 1. The van der Waals surface area contributed by atoms with Crippen molar-refractivity contribution in [3.8, 4) is 5.75 Å². The fourth-order valence-corrected chi connectivity index (χ4v) is 4.86. The summed E-state index contributed by atoms with van der Waals surface area (Å²) in [5.41, 5.74) is 0.858. The highest BCUT2D eigenvalue weighted by atomic mass is 32.2. The van der Waals surface area contributed by atoms with Gasteiger partial charge in [-0.15, -0.1) is 11.3 Å². The van der Waals surface area contributed by atoms with E-state index >= 15 is 0 Å². The molecule has 24 heavy (non-hydrogen) atoms. The van der Waals surface area contributed by atoms with Crippen molar-refractivity contribution in [2.75, 3.05) is 13.2 Å². The van der Waals surface area contributed by atoms with Gasteiger partial charge in [-0.05, 0) is 49.6 Å². The Labute approximate surface area is 146 Å². The van der Waals surface area contributed by atoms with E-state index in [0.29, 0.717) is 10.8 Å². The maximum Gasteiger partial charge on any atom is 0.250 e. The van der Waals surface area contributed by atoms with Crippen LogP contribution >= 0.6 is 11.3 Å². The minimum Gasteiger partial charge on any atom is -0.491 e. The molecule has 130 valence electrons. The quantitative estimate of drug-likeness (QED) is 0.817. The Morgan fingerprint density at radius 2 is 2.21 bits per heavy atom. The molecule has 1 N–H and O–H groups in total. The summed E-state index contributed by atoms with van der Waals surface area (Å²) in [7, 11) is -3.47. The molecule has 1 aliphatic heterocycles.